The standard InChI is InChI=1S/C21H34N4O2.HI/c1-3-22-21(24-17-8-10-18(26)11-9-17)23-14-16-12-13-25(15-16)19-6-4-5-7-20(19)27-2;/h4-7,16-18,26H,3,8-15H2,1-2H3,(H2,22,23,24);1H. The second-order valence-corrected chi connectivity index (χ2v) is 7.64. The Bertz CT molecular complexity index is 620. The number of nitrogens with zero attached hydrogens (tertiary/aromatic N) is 2. The minimum atomic E-state index is -0.123. The number of guanidine groups is 1. The maximum absolute atomic E-state index is 9.68. The molecule has 7 heteroatoms. The van der Waals surface area contributed by atoms with Gasteiger partial charge in [0.25, 0.3) is 0 Å². The van der Waals surface area contributed by atoms with E-state index in [0.717, 1.165) is 70.0 Å². The fourth-order valence-electron chi connectivity index (χ4n) is 4.05. The molecule has 2 aliphatic rings. The summed E-state index contributed by atoms with van der Waals surface area (Å²) in [6.07, 6.45) is 4.81. The van der Waals surface area contributed by atoms with Crippen molar-refractivity contribution in [2.45, 2.75) is 51.2 Å². The predicted octanol–water partition coefficient (Wildman–Crippen LogP) is 3.00. The molecule has 1 unspecified atom stereocenters. The highest BCUT2D eigenvalue weighted by Gasteiger charge is 2.25. The van der Waals surface area contributed by atoms with Crippen molar-refractivity contribution in [2.24, 2.45) is 10.9 Å². The van der Waals surface area contributed by atoms with E-state index in [2.05, 4.69) is 34.6 Å². The lowest BCUT2D eigenvalue weighted by atomic mass is 9.93. The van der Waals surface area contributed by atoms with Gasteiger partial charge < -0.3 is 25.4 Å². The third-order valence-electron chi connectivity index (χ3n) is 5.60. The first-order valence-corrected chi connectivity index (χ1v) is 10.3. The Morgan fingerprint density at radius 3 is 2.68 bits per heavy atom. The molecule has 28 heavy (non-hydrogen) atoms. The third kappa shape index (κ3) is 6.40. The molecule has 3 N–H and O–H groups in total. The summed E-state index contributed by atoms with van der Waals surface area (Å²) < 4.78 is 5.51. The van der Waals surface area contributed by atoms with Gasteiger partial charge in [-0.3, -0.25) is 4.99 Å². The van der Waals surface area contributed by atoms with Gasteiger partial charge >= 0.3 is 0 Å². The summed E-state index contributed by atoms with van der Waals surface area (Å²) in [4.78, 5) is 7.26. The van der Waals surface area contributed by atoms with E-state index < -0.39 is 0 Å². The van der Waals surface area contributed by atoms with Crippen LogP contribution in [0, 0.1) is 5.92 Å². The molecule has 2 fully saturated rings. The molecule has 1 atom stereocenters. The van der Waals surface area contributed by atoms with Crippen molar-refractivity contribution < 1.29 is 9.84 Å². The quantitative estimate of drug-likeness (QED) is 0.317. The molecule has 0 bridgehead atoms. The Balaban J connectivity index is 0.00000280. The summed E-state index contributed by atoms with van der Waals surface area (Å²) in [6.45, 7) is 5.85. The number of nitrogens with one attached hydrogen (secondary N) is 2. The lowest BCUT2D eigenvalue weighted by molar-refractivity contribution is 0.120. The Hall–Kier alpha value is -1.22. The fourth-order valence-corrected chi connectivity index (χ4v) is 4.05. The van der Waals surface area contributed by atoms with Crippen LogP contribution in [0.15, 0.2) is 29.3 Å². The third-order valence-corrected chi connectivity index (χ3v) is 5.60. The highest BCUT2D eigenvalue weighted by Crippen LogP contribution is 2.32. The van der Waals surface area contributed by atoms with Gasteiger partial charge in [0.15, 0.2) is 5.96 Å². The van der Waals surface area contributed by atoms with Crippen molar-refractivity contribution in [3.05, 3.63) is 24.3 Å². The van der Waals surface area contributed by atoms with Crippen LogP contribution < -0.4 is 20.3 Å². The maximum atomic E-state index is 9.68. The molecule has 0 spiro atoms. The smallest absolute Gasteiger partial charge is 0.191 e. The van der Waals surface area contributed by atoms with Crippen LogP contribution in [-0.4, -0.2) is 56.5 Å². The van der Waals surface area contributed by atoms with Crippen molar-refractivity contribution >= 4 is 35.6 Å². The summed E-state index contributed by atoms with van der Waals surface area (Å²) in [7, 11) is 1.73. The molecule has 1 aliphatic carbocycles. The average Bonchev–Trinajstić information content (AvgIpc) is 3.17. The molecule has 0 radical (unpaired) electrons. The molecule has 1 aromatic rings. The Kier molecular flexibility index (Phi) is 9.64. The van der Waals surface area contributed by atoms with Crippen molar-refractivity contribution in [1.29, 1.82) is 0 Å². The van der Waals surface area contributed by atoms with Crippen LogP contribution in [0.5, 0.6) is 5.75 Å². The normalized spacial score (nSPS) is 25.2. The second-order valence-electron chi connectivity index (χ2n) is 7.64. The van der Waals surface area contributed by atoms with Crippen LogP contribution in [0.3, 0.4) is 0 Å². The number of aliphatic hydroxyl groups is 1. The number of ether oxygens (including phenoxy) is 1. The van der Waals surface area contributed by atoms with Gasteiger partial charge in [0.1, 0.15) is 5.75 Å². The van der Waals surface area contributed by atoms with E-state index in [1.165, 1.54) is 5.69 Å². The van der Waals surface area contributed by atoms with Crippen LogP contribution in [0.4, 0.5) is 5.69 Å². The summed E-state index contributed by atoms with van der Waals surface area (Å²) in [5, 5.41) is 16.6. The van der Waals surface area contributed by atoms with Crippen LogP contribution in [0.1, 0.15) is 39.0 Å². The lowest BCUT2D eigenvalue weighted by Crippen LogP contribution is -2.45. The lowest BCUT2D eigenvalue weighted by Gasteiger charge is -2.27. The minimum absolute atomic E-state index is 0. The van der Waals surface area contributed by atoms with Gasteiger partial charge in [0.05, 0.1) is 18.9 Å². The van der Waals surface area contributed by atoms with Gasteiger partial charge in [-0.1, -0.05) is 12.1 Å². The van der Waals surface area contributed by atoms with E-state index in [1.807, 2.05) is 12.1 Å². The molecular formula is C21H35IN4O2. The summed E-state index contributed by atoms with van der Waals surface area (Å²) >= 11 is 0. The molecule has 0 amide bonds. The number of aliphatic hydroxyl groups excluding tert-OH is 1. The van der Waals surface area contributed by atoms with Gasteiger partial charge in [-0.15, -0.1) is 24.0 Å². The number of methoxy groups -OCH3 is 1. The average molecular weight is 502 g/mol. The topological polar surface area (TPSA) is 69.1 Å². The predicted molar refractivity (Wildman–Crippen MR) is 126 cm³/mol. The van der Waals surface area contributed by atoms with Crippen LogP contribution in [-0.2, 0) is 0 Å². The number of anilines is 1. The van der Waals surface area contributed by atoms with Gasteiger partial charge in [-0.05, 0) is 57.1 Å². The van der Waals surface area contributed by atoms with Crippen molar-refractivity contribution in [2.75, 3.05) is 38.2 Å². The molecule has 1 saturated carbocycles. The number of aliphatic imine (C=N–C) groups is 1. The molecule has 158 valence electrons. The van der Waals surface area contributed by atoms with E-state index >= 15 is 0 Å². The van der Waals surface area contributed by atoms with Gasteiger partial charge in [-0.25, -0.2) is 0 Å². The van der Waals surface area contributed by atoms with Crippen molar-refractivity contribution in [3.63, 3.8) is 0 Å². The summed E-state index contributed by atoms with van der Waals surface area (Å²) in [6, 6.07) is 8.65. The number of benzene rings is 1. The molecule has 6 nitrogen and oxygen atoms in total. The minimum Gasteiger partial charge on any atom is -0.495 e. The number of halogens is 1. The largest absolute Gasteiger partial charge is 0.495 e. The Morgan fingerprint density at radius 1 is 1.21 bits per heavy atom. The zero-order valence-corrected chi connectivity index (χ0v) is 19.4. The number of hydrogen-bond donors (Lipinski definition) is 3. The molecular weight excluding hydrogens is 467 g/mol. The highest BCUT2D eigenvalue weighted by molar-refractivity contribution is 14.0. The van der Waals surface area contributed by atoms with E-state index in [0.29, 0.717) is 12.0 Å². The fraction of sp³-hybridized carbons (Fsp3) is 0.667. The molecule has 3 rings (SSSR count). The van der Waals surface area contributed by atoms with Crippen LogP contribution in [0.2, 0.25) is 0 Å². The Morgan fingerprint density at radius 2 is 1.96 bits per heavy atom. The second kappa shape index (κ2) is 11.7. The van der Waals surface area contributed by atoms with E-state index in [4.69, 9.17) is 9.73 Å². The molecule has 1 aliphatic heterocycles. The van der Waals surface area contributed by atoms with Gasteiger partial charge in [-0.2, -0.15) is 0 Å². The van der Waals surface area contributed by atoms with Gasteiger partial charge in [0.2, 0.25) is 0 Å². The van der Waals surface area contributed by atoms with E-state index in [1.54, 1.807) is 7.11 Å². The molecule has 1 saturated heterocycles. The SMILES string of the molecule is CCNC(=NCC1CCN(c2ccccc2OC)C1)NC1CCC(O)CC1.I. The van der Waals surface area contributed by atoms with Crippen LogP contribution in [0.25, 0.3) is 0 Å². The number of para-hydroxylation sites is 2. The summed E-state index contributed by atoms with van der Waals surface area (Å²) in [5.74, 6) is 2.41. The maximum Gasteiger partial charge on any atom is 0.191 e. The zero-order valence-electron chi connectivity index (χ0n) is 17.1. The highest BCUT2D eigenvalue weighted by atomic mass is 127. The first-order chi connectivity index (χ1) is 13.2. The molecule has 1 aromatic carbocycles. The van der Waals surface area contributed by atoms with Crippen molar-refractivity contribution in [3.8, 4) is 5.75 Å². The zero-order chi connectivity index (χ0) is 19.1. The monoisotopic (exact) mass is 502 g/mol. The van der Waals surface area contributed by atoms with E-state index in [-0.39, 0.29) is 30.1 Å². The first-order valence-electron chi connectivity index (χ1n) is 10.3. The molecule has 0 aromatic heterocycles. The Labute approximate surface area is 186 Å². The molecule has 1 heterocycles. The van der Waals surface area contributed by atoms with Gasteiger partial charge in [0, 0.05) is 32.2 Å². The van der Waals surface area contributed by atoms with E-state index in [9.17, 15) is 5.11 Å². The summed E-state index contributed by atoms with van der Waals surface area (Å²) in [5.41, 5.74) is 1.18. The number of rotatable bonds is 6. The van der Waals surface area contributed by atoms with Crippen LogP contribution >= 0.6 is 24.0 Å². The first kappa shape index (κ1) is 23.1. The number of hydrogen-bond acceptors (Lipinski definition) is 4. The van der Waals surface area contributed by atoms with Crippen molar-refractivity contribution in [1.82, 2.24) is 10.6 Å².